The van der Waals surface area contributed by atoms with E-state index in [1.165, 1.54) is 98.1 Å². The topological polar surface area (TPSA) is 62.5 Å². The summed E-state index contributed by atoms with van der Waals surface area (Å²) in [6.45, 7) is 0. The van der Waals surface area contributed by atoms with Crippen LogP contribution in [0.3, 0.4) is 0 Å². The molecule has 4 aromatic carbocycles. The Balaban J connectivity index is 1.04. The van der Waals surface area contributed by atoms with E-state index in [1.54, 1.807) is 22.5 Å². The largest absolute Gasteiger partial charge is 0.208 e. The molecule has 8 saturated carbocycles. The summed E-state index contributed by atoms with van der Waals surface area (Å²) in [4.78, 5) is 15.9. The molecule has 0 aliphatic heterocycles. The molecule has 262 valence electrons. The second kappa shape index (κ2) is 11.3. The molecular formula is C48H44N4S. The Morgan fingerprint density at radius 3 is 1.49 bits per heavy atom. The van der Waals surface area contributed by atoms with Crippen molar-refractivity contribution >= 4 is 31.5 Å². The highest BCUT2D eigenvalue weighted by Gasteiger charge is 2.54. The van der Waals surface area contributed by atoms with Crippen LogP contribution in [0.4, 0.5) is 0 Å². The van der Waals surface area contributed by atoms with Gasteiger partial charge in [-0.15, -0.1) is 11.3 Å². The quantitative estimate of drug-likeness (QED) is 0.179. The van der Waals surface area contributed by atoms with Crippen LogP contribution < -0.4 is 0 Å². The monoisotopic (exact) mass is 708 g/mol. The molecule has 8 bridgehead atoms. The van der Waals surface area contributed by atoms with Gasteiger partial charge < -0.3 is 0 Å². The number of fused-ring (bicyclic) bond motifs is 3. The minimum absolute atomic E-state index is 0.303. The van der Waals surface area contributed by atoms with Gasteiger partial charge in [0.2, 0.25) is 0 Å². The molecule has 2 aromatic heterocycles. The zero-order valence-corrected chi connectivity index (χ0v) is 31.0. The van der Waals surface area contributed by atoms with Crippen LogP contribution in [-0.2, 0) is 10.8 Å². The van der Waals surface area contributed by atoms with Gasteiger partial charge in [0, 0.05) is 36.9 Å². The Kier molecular flexibility index (Phi) is 6.62. The van der Waals surface area contributed by atoms with Crippen LogP contribution in [-0.4, -0.2) is 15.0 Å². The van der Waals surface area contributed by atoms with Crippen LogP contribution >= 0.6 is 11.3 Å². The second-order valence-electron chi connectivity index (χ2n) is 18.5. The zero-order chi connectivity index (χ0) is 34.9. The number of benzene rings is 4. The van der Waals surface area contributed by atoms with Gasteiger partial charge in [-0.25, -0.2) is 15.0 Å². The summed E-state index contributed by atoms with van der Waals surface area (Å²) < 4.78 is 2.32. The van der Waals surface area contributed by atoms with Crippen molar-refractivity contribution in [3.8, 4) is 40.2 Å². The average molecular weight is 709 g/mol. The van der Waals surface area contributed by atoms with Gasteiger partial charge in [0.15, 0.2) is 17.5 Å². The summed E-state index contributed by atoms with van der Waals surface area (Å²) >= 11 is 1.74. The highest BCUT2D eigenvalue weighted by molar-refractivity contribution is 7.25. The fourth-order valence-electron chi connectivity index (χ4n) is 13.6. The van der Waals surface area contributed by atoms with Gasteiger partial charge in [-0.2, -0.15) is 5.26 Å². The molecule has 0 N–H and O–H groups in total. The molecule has 5 heteroatoms. The zero-order valence-electron chi connectivity index (χ0n) is 30.2. The first-order valence-electron chi connectivity index (χ1n) is 20.3. The van der Waals surface area contributed by atoms with Gasteiger partial charge in [-0.3, -0.25) is 0 Å². The summed E-state index contributed by atoms with van der Waals surface area (Å²) in [5.74, 6) is 7.66. The smallest absolute Gasteiger partial charge is 0.164 e. The summed E-state index contributed by atoms with van der Waals surface area (Å²) in [7, 11) is 0. The summed E-state index contributed by atoms with van der Waals surface area (Å²) in [5.41, 5.74) is 7.72. The maximum Gasteiger partial charge on any atom is 0.164 e. The highest BCUT2D eigenvalue weighted by Crippen LogP contribution is 2.64. The number of hydrogen-bond donors (Lipinski definition) is 0. The van der Waals surface area contributed by atoms with Crippen molar-refractivity contribution in [1.29, 1.82) is 5.26 Å². The molecule has 0 unspecified atom stereocenters. The average Bonchev–Trinajstić information content (AvgIpc) is 3.54. The van der Waals surface area contributed by atoms with Crippen molar-refractivity contribution in [2.75, 3.05) is 0 Å². The van der Waals surface area contributed by atoms with E-state index in [9.17, 15) is 5.26 Å². The van der Waals surface area contributed by atoms with Crippen molar-refractivity contribution in [1.82, 2.24) is 15.0 Å². The van der Waals surface area contributed by atoms with Crippen LogP contribution in [0.2, 0.25) is 0 Å². The van der Waals surface area contributed by atoms with Crippen molar-refractivity contribution in [2.45, 2.75) is 87.9 Å². The fourth-order valence-corrected chi connectivity index (χ4v) is 14.8. The third kappa shape index (κ3) is 4.94. The van der Waals surface area contributed by atoms with Crippen LogP contribution in [0.15, 0.2) is 84.9 Å². The molecule has 0 spiro atoms. The van der Waals surface area contributed by atoms with E-state index in [-0.39, 0.29) is 0 Å². The summed E-state index contributed by atoms with van der Waals surface area (Å²) in [6, 6.07) is 33.2. The normalized spacial score (nSPS) is 32.1. The van der Waals surface area contributed by atoms with E-state index in [2.05, 4.69) is 78.9 Å². The highest BCUT2D eigenvalue weighted by atomic mass is 32.1. The van der Waals surface area contributed by atoms with Gasteiger partial charge in [0.25, 0.3) is 0 Å². The number of nitrogens with zero attached hydrogens (tertiary/aromatic N) is 4. The minimum atomic E-state index is 0.303. The maximum absolute atomic E-state index is 9.53. The van der Waals surface area contributed by atoms with E-state index < -0.39 is 0 Å². The van der Waals surface area contributed by atoms with E-state index in [0.717, 1.165) is 68.8 Å². The first-order valence-corrected chi connectivity index (χ1v) is 21.1. The molecule has 53 heavy (non-hydrogen) atoms. The Hall–Kier alpha value is -4.40. The fraction of sp³-hybridized carbons (Fsp3) is 0.417. The predicted molar refractivity (Wildman–Crippen MR) is 213 cm³/mol. The van der Waals surface area contributed by atoms with Gasteiger partial charge in [-0.1, -0.05) is 54.6 Å². The molecule has 0 amide bonds. The number of nitriles is 1. The number of hydrogen-bond acceptors (Lipinski definition) is 5. The molecule has 4 nitrogen and oxygen atoms in total. The molecule has 8 aliphatic carbocycles. The van der Waals surface area contributed by atoms with Gasteiger partial charge in [-0.05, 0) is 165 Å². The summed E-state index contributed by atoms with van der Waals surface area (Å²) in [6.07, 6.45) is 17.0. The van der Waals surface area contributed by atoms with Crippen molar-refractivity contribution in [2.24, 2.45) is 35.5 Å². The van der Waals surface area contributed by atoms with Crippen LogP contribution in [0, 0.1) is 46.8 Å². The minimum Gasteiger partial charge on any atom is -0.208 e. The Morgan fingerprint density at radius 1 is 0.491 bits per heavy atom. The molecule has 6 aromatic rings. The standard InChI is InChI=1S/C48H44N4S/c49-27-28-6-8-40-41-9-7-36(19-43(41)53-42(40)16-28)45-50-44(35-4-2-1-3-5-35)51-46(52-45)37-17-38(47-21-29-10-30(22-47)12-31(11-29)23-47)20-39(18-37)48-24-32-13-33(25-48)15-34(14-32)26-48/h1-9,16-20,29-34H,10-15,21-26H2. The van der Waals surface area contributed by atoms with Crippen molar-refractivity contribution in [3.05, 3.63) is 102 Å². The SMILES string of the molecule is N#Cc1ccc2c(c1)sc1cc(-c3nc(-c4ccccc4)nc(-c4cc(C56CC7CC(CC(C7)C5)C6)cc(C56CC7CC(CC(C7)C5)C6)c4)n3)ccc12. The molecule has 14 rings (SSSR count). The first kappa shape index (κ1) is 31.0. The third-order valence-electron chi connectivity index (χ3n) is 15.0. The van der Waals surface area contributed by atoms with Crippen molar-refractivity contribution < 1.29 is 0 Å². The van der Waals surface area contributed by atoms with E-state index in [4.69, 9.17) is 15.0 Å². The van der Waals surface area contributed by atoms with Crippen LogP contribution in [0.1, 0.15) is 93.7 Å². The molecule has 2 heterocycles. The molecule has 0 radical (unpaired) electrons. The molecule has 0 saturated heterocycles. The Labute approximate surface area is 315 Å². The lowest BCUT2D eigenvalue weighted by Gasteiger charge is -2.58. The predicted octanol–water partition coefficient (Wildman–Crippen LogP) is 12.0. The second-order valence-corrected chi connectivity index (χ2v) is 19.6. The Morgan fingerprint density at radius 2 is 0.962 bits per heavy atom. The molecule has 8 aliphatic rings. The van der Waals surface area contributed by atoms with Crippen molar-refractivity contribution in [3.63, 3.8) is 0 Å². The van der Waals surface area contributed by atoms with Gasteiger partial charge in [0.05, 0.1) is 11.6 Å². The molecular weight excluding hydrogens is 665 g/mol. The lowest BCUT2D eigenvalue weighted by Crippen LogP contribution is -2.50. The Bertz CT molecular complexity index is 2370. The number of rotatable bonds is 5. The number of thiophene rings is 1. The van der Waals surface area contributed by atoms with Gasteiger partial charge >= 0.3 is 0 Å². The summed E-state index contributed by atoms with van der Waals surface area (Å²) in [5, 5.41) is 11.9. The molecule has 0 atom stereocenters. The third-order valence-corrected chi connectivity index (χ3v) is 16.1. The lowest BCUT2D eigenvalue weighted by atomic mass is 9.46. The van der Waals surface area contributed by atoms with E-state index in [1.807, 2.05) is 12.1 Å². The molecule has 8 fully saturated rings. The van der Waals surface area contributed by atoms with Crippen LogP contribution in [0.5, 0.6) is 0 Å². The van der Waals surface area contributed by atoms with E-state index in [0.29, 0.717) is 16.4 Å². The van der Waals surface area contributed by atoms with E-state index >= 15 is 0 Å². The maximum atomic E-state index is 9.53. The first-order chi connectivity index (χ1) is 26.0. The number of aromatic nitrogens is 3. The van der Waals surface area contributed by atoms with Crippen LogP contribution in [0.25, 0.3) is 54.3 Å². The lowest BCUT2D eigenvalue weighted by molar-refractivity contribution is -0.00832. The van der Waals surface area contributed by atoms with Gasteiger partial charge in [0.1, 0.15) is 0 Å².